The zero-order chi connectivity index (χ0) is 12.3. The quantitative estimate of drug-likeness (QED) is 0.868. The summed E-state index contributed by atoms with van der Waals surface area (Å²) in [7, 11) is 4.02. The van der Waals surface area contributed by atoms with E-state index < -0.39 is 0 Å². The first kappa shape index (κ1) is 12.6. The highest BCUT2D eigenvalue weighted by molar-refractivity contribution is 5.20. The van der Waals surface area contributed by atoms with Gasteiger partial charge < -0.3 is 10.1 Å². The standard InChI is InChI=1S/C13H23N3O/c1-10-12(9-16(3)15-10)13(14-2)8-11-4-6-17-7-5-11/h9,11,13-14H,4-8H2,1-3H3. The van der Waals surface area contributed by atoms with Gasteiger partial charge in [-0.1, -0.05) is 0 Å². The Morgan fingerprint density at radius 2 is 2.24 bits per heavy atom. The summed E-state index contributed by atoms with van der Waals surface area (Å²) in [5.41, 5.74) is 2.47. The molecule has 0 radical (unpaired) electrons. The Balaban J connectivity index is 2.02. The molecule has 1 atom stereocenters. The Kier molecular flexibility index (Phi) is 4.18. The van der Waals surface area contributed by atoms with Gasteiger partial charge in [0.2, 0.25) is 0 Å². The molecule has 1 N–H and O–H groups in total. The first-order valence-corrected chi connectivity index (χ1v) is 6.46. The molecule has 0 amide bonds. The summed E-state index contributed by atoms with van der Waals surface area (Å²) in [6.45, 7) is 3.93. The molecule has 0 spiro atoms. The van der Waals surface area contributed by atoms with Crippen LogP contribution in [0.3, 0.4) is 0 Å². The summed E-state index contributed by atoms with van der Waals surface area (Å²) >= 11 is 0. The third-order valence-corrected chi connectivity index (χ3v) is 3.69. The summed E-state index contributed by atoms with van der Waals surface area (Å²) < 4.78 is 7.31. The topological polar surface area (TPSA) is 39.1 Å². The van der Waals surface area contributed by atoms with Gasteiger partial charge in [-0.2, -0.15) is 5.10 Å². The highest BCUT2D eigenvalue weighted by Crippen LogP contribution is 2.28. The van der Waals surface area contributed by atoms with E-state index in [1.807, 2.05) is 18.8 Å². The van der Waals surface area contributed by atoms with Gasteiger partial charge in [0.15, 0.2) is 0 Å². The number of rotatable bonds is 4. The molecule has 0 bridgehead atoms. The van der Waals surface area contributed by atoms with Crippen LogP contribution in [0, 0.1) is 12.8 Å². The minimum absolute atomic E-state index is 0.423. The third-order valence-electron chi connectivity index (χ3n) is 3.69. The van der Waals surface area contributed by atoms with E-state index in [-0.39, 0.29) is 0 Å². The van der Waals surface area contributed by atoms with Crippen LogP contribution in [0.15, 0.2) is 6.20 Å². The Labute approximate surface area is 103 Å². The third kappa shape index (κ3) is 3.07. The van der Waals surface area contributed by atoms with Crippen molar-refractivity contribution in [2.45, 2.75) is 32.2 Å². The highest BCUT2D eigenvalue weighted by Gasteiger charge is 2.21. The van der Waals surface area contributed by atoms with Gasteiger partial charge in [-0.25, -0.2) is 0 Å². The number of hydrogen-bond donors (Lipinski definition) is 1. The van der Waals surface area contributed by atoms with E-state index >= 15 is 0 Å². The van der Waals surface area contributed by atoms with E-state index in [4.69, 9.17) is 4.74 Å². The highest BCUT2D eigenvalue weighted by atomic mass is 16.5. The maximum Gasteiger partial charge on any atom is 0.0641 e. The van der Waals surface area contributed by atoms with Gasteiger partial charge in [0.1, 0.15) is 0 Å². The lowest BCUT2D eigenvalue weighted by molar-refractivity contribution is 0.0608. The molecule has 1 aromatic heterocycles. The maximum atomic E-state index is 5.41. The fraction of sp³-hybridized carbons (Fsp3) is 0.769. The molecule has 1 fully saturated rings. The first-order valence-electron chi connectivity index (χ1n) is 6.46. The average Bonchev–Trinajstić information content (AvgIpc) is 2.67. The molecule has 1 saturated heterocycles. The summed E-state index contributed by atoms with van der Waals surface area (Å²) in [5.74, 6) is 0.779. The minimum Gasteiger partial charge on any atom is -0.381 e. The molecule has 0 saturated carbocycles. The first-order chi connectivity index (χ1) is 8.20. The van der Waals surface area contributed by atoms with Crippen LogP contribution >= 0.6 is 0 Å². The molecule has 1 unspecified atom stereocenters. The molecule has 0 aliphatic carbocycles. The molecule has 0 aromatic carbocycles. The average molecular weight is 237 g/mol. The molecule has 2 rings (SSSR count). The molecule has 96 valence electrons. The van der Waals surface area contributed by atoms with Gasteiger partial charge in [-0.15, -0.1) is 0 Å². The van der Waals surface area contributed by atoms with Crippen molar-refractivity contribution in [3.05, 3.63) is 17.5 Å². The van der Waals surface area contributed by atoms with E-state index in [0.717, 1.165) is 24.8 Å². The van der Waals surface area contributed by atoms with Crippen LogP contribution in [-0.2, 0) is 11.8 Å². The minimum atomic E-state index is 0.423. The molecular weight excluding hydrogens is 214 g/mol. The molecule has 4 heteroatoms. The SMILES string of the molecule is CNC(CC1CCOCC1)c1cn(C)nc1C. The lowest BCUT2D eigenvalue weighted by atomic mass is 9.90. The van der Waals surface area contributed by atoms with Crippen LogP contribution in [-0.4, -0.2) is 30.0 Å². The van der Waals surface area contributed by atoms with Gasteiger partial charge in [0.25, 0.3) is 0 Å². The number of aromatic nitrogens is 2. The number of ether oxygens (including phenoxy) is 1. The van der Waals surface area contributed by atoms with Crippen LogP contribution in [0.4, 0.5) is 0 Å². The van der Waals surface area contributed by atoms with Gasteiger partial charge in [0, 0.05) is 38.1 Å². The van der Waals surface area contributed by atoms with Crippen LogP contribution in [0.2, 0.25) is 0 Å². The molecule has 1 aromatic rings. The van der Waals surface area contributed by atoms with E-state index in [1.54, 1.807) is 0 Å². The second-order valence-electron chi connectivity index (χ2n) is 4.98. The van der Waals surface area contributed by atoms with Gasteiger partial charge in [-0.3, -0.25) is 4.68 Å². The van der Waals surface area contributed by atoms with E-state index in [1.165, 1.54) is 24.8 Å². The second kappa shape index (κ2) is 5.65. The normalized spacial score (nSPS) is 19.5. The van der Waals surface area contributed by atoms with Crippen LogP contribution < -0.4 is 5.32 Å². The molecule has 4 nitrogen and oxygen atoms in total. The van der Waals surface area contributed by atoms with Crippen molar-refractivity contribution >= 4 is 0 Å². The second-order valence-corrected chi connectivity index (χ2v) is 4.98. The van der Waals surface area contributed by atoms with E-state index in [2.05, 4.69) is 23.5 Å². The van der Waals surface area contributed by atoms with Gasteiger partial charge in [-0.05, 0) is 39.2 Å². The molecular formula is C13H23N3O. The Morgan fingerprint density at radius 3 is 2.76 bits per heavy atom. The van der Waals surface area contributed by atoms with E-state index in [0.29, 0.717) is 6.04 Å². The van der Waals surface area contributed by atoms with Gasteiger partial charge in [0.05, 0.1) is 5.69 Å². The number of hydrogen-bond acceptors (Lipinski definition) is 3. The van der Waals surface area contributed by atoms with E-state index in [9.17, 15) is 0 Å². The Bertz CT molecular complexity index is 356. The van der Waals surface area contributed by atoms with Gasteiger partial charge >= 0.3 is 0 Å². The number of nitrogens with zero attached hydrogens (tertiary/aromatic N) is 2. The van der Waals surface area contributed by atoms with Crippen molar-refractivity contribution in [1.82, 2.24) is 15.1 Å². The summed E-state index contributed by atoms with van der Waals surface area (Å²) in [4.78, 5) is 0. The Morgan fingerprint density at radius 1 is 1.53 bits per heavy atom. The smallest absolute Gasteiger partial charge is 0.0641 e. The van der Waals surface area contributed by atoms with Crippen molar-refractivity contribution in [2.75, 3.05) is 20.3 Å². The summed E-state index contributed by atoms with van der Waals surface area (Å²) in [6, 6.07) is 0.423. The molecule has 2 heterocycles. The summed E-state index contributed by atoms with van der Waals surface area (Å²) in [6.07, 6.45) is 5.71. The van der Waals surface area contributed by atoms with Crippen LogP contribution in [0.5, 0.6) is 0 Å². The van der Waals surface area contributed by atoms with Crippen molar-refractivity contribution < 1.29 is 4.74 Å². The maximum absolute atomic E-state index is 5.41. The largest absolute Gasteiger partial charge is 0.381 e. The fourth-order valence-electron chi connectivity index (χ4n) is 2.68. The zero-order valence-electron chi connectivity index (χ0n) is 11.1. The van der Waals surface area contributed by atoms with Crippen molar-refractivity contribution in [1.29, 1.82) is 0 Å². The Hall–Kier alpha value is -0.870. The summed E-state index contributed by atoms with van der Waals surface area (Å²) in [5, 5.41) is 7.85. The van der Waals surface area contributed by atoms with Crippen molar-refractivity contribution in [3.8, 4) is 0 Å². The van der Waals surface area contributed by atoms with Crippen LogP contribution in [0.1, 0.15) is 36.6 Å². The molecule has 1 aliphatic rings. The number of aryl methyl sites for hydroxylation is 2. The zero-order valence-corrected chi connectivity index (χ0v) is 11.1. The lowest BCUT2D eigenvalue weighted by Gasteiger charge is -2.26. The predicted octanol–water partition coefficient (Wildman–Crippen LogP) is 1.81. The molecule has 1 aliphatic heterocycles. The van der Waals surface area contributed by atoms with Crippen molar-refractivity contribution in [2.24, 2.45) is 13.0 Å². The monoisotopic (exact) mass is 237 g/mol. The fourth-order valence-corrected chi connectivity index (χ4v) is 2.68. The number of nitrogens with one attached hydrogen (secondary N) is 1. The van der Waals surface area contributed by atoms with Crippen molar-refractivity contribution in [3.63, 3.8) is 0 Å². The predicted molar refractivity (Wildman–Crippen MR) is 67.9 cm³/mol. The lowest BCUT2D eigenvalue weighted by Crippen LogP contribution is -2.24. The van der Waals surface area contributed by atoms with Crippen LogP contribution in [0.25, 0.3) is 0 Å². The molecule has 17 heavy (non-hydrogen) atoms.